The molecule has 0 saturated carbocycles. The van der Waals surface area contributed by atoms with Gasteiger partial charge in [-0.1, -0.05) is 24.3 Å². The summed E-state index contributed by atoms with van der Waals surface area (Å²) >= 11 is 0. The van der Waals surface area contributed by atoms with Crippen molar-refractivity contribution in [3.05, 3.63) is 53.8 Å². The highest BCUT2D eigenvalue weighted by Gasteiger charge is 2.32. The monoisotopic (exact) mass is 440 g/mol. The second-order valence-corrected chi connectivity index (χ2v) is 7.55. The van der Waals surface area contributed by atoms with Crippen LogP contribution >= 0.6 is 0 Å². The molecule has 2 amide bonds. The Bertz CT molecular complexity index is 1030. The lowest BCUT2D eigenvalue weighted by atomic mass is 10.0. The Kier molecular flexibility index (Phi) is 6.50. The number of carbonyl (C=O) groups is 2. The van der Waals surface area contributed by atoms with E-state index in [1.54, 1.807) is 12.1 Å². The largest absolute Gasteiger partial charge is 0.442 e. The lowest BCUT2D eigenvalue weighted by molar-refractivity contribution is -0.119. The SMILES string of the molecule is CC(=O)NC[C@H]1CN(c2ccc(-c3ccc(CNNC4=NCCN4)cc3)c(F)c2)C(=O)O1. The topological polar surface area (TPSA) is 107 Å². The van der Waals surface area contributed by atoms with Crippen molar-refractivity contribution in [3.8, 4) is 11.1 Å². The second-order valence-electron chi connectivity index (χ2n) is 7.55. The number of amides is 2. The van der Waals surface area contributed by atoms with E-state index in [1.807, 2.05) is 24.3 Å². The Balaban J connectivity index is 1.37. The zero-order valence-electron chi connectivity index (χ0n) is 17.7. The maximum atomic E-state index is 14.9. The van der Waals surface area contributed by atoms with E-state index in [2.05, 4.69) is 26.5 Å². The number of benzene rings is 2. The fourth-order valence-corrected chi connectivity index (χ4v) is 3.52. The fourth-order valence-electron chi connectivity index (χ4n) is 3.52. The van der Waals surface area contributed by atoms with E-state index < -0.39 is 18.0 Å². The molecule has 0 radical (unpaired) electrons. The molecule has 9 nitrogen and oxygen atoms in total. The lowest BCUT2D eigenvalue weighted by Crippen LogP contribution is -2.42. The van der Waals surface area contributed by atoms with Crippen molar-refractivity contribution < 1.29 is 18.7 Å². The molecule has 1 saturated heterocycles. The molecule has 32 heavy (non-hydrogen) atoms. The molecular formula is C22H25FN6O3. The number of nitrogens with one attached hydrogen (secondary N) is 4. The number of rotatable bonds is 7. The van der Waals surface area contributed by atoms with E-state index in [0.717, 1.165) is 30.2 Å². The third kappa shape index (κ3) is 5.14. The number of nitrogens with zero attached hydrogens (tertiary/aromatic N) is 2. The third-order valence-corrected chi connectivity index (χ3v) is 5.16. The van der Waals surface area contributed by atoms with E-state index in [9.17, 15) is 14.0 Å². The molecule has 0 spiro atoms. The van der Waals surface area contributed by atoms with Crippen LogP contribution in [0.4, 0.5) is 14.9 Å². The van der Waals surface area contributed by atoms with Gasteiger partial charge in [0.25, 0.3) is 0 Å². The van der Waals surface area contributed by atoms with Crippen LogP contribution in [-0.4, -0.2) is 50.2 Å². The molecule has 168 valence electrons. The molecule has 2 aliphatic rings. The van der Waals surface area contributed by atoms with Gasteiger partial charge in [-0.3, -0.25) is 20.1 Å². The summed E-state index contributed by atoms with van der Waals surface area (Å²) in [5.41, 5.74) is 8.71. The molecule has 0 unspecified atom stereocenters. The van der Waals surface area contributed by atoms with Crippen molar-refractivity contribution in [1.29, 1.82) is 0 Å². The molecule has 4 N–H and O–H groups in total. The maximum Gasteiger partial charge on any atom is 0.414 e. The van der Waals surface area contributed by atoms with Gasteiger partial charge < -0.3 is 15.4 Å². The van der Waals surface area contributed by atoms with Crippen molar-refractivity contribution in [2.24, 2.45) is 4.99 Å². The van der Waals surface area contributed by atoms with Crippen LogP contribution < -0.4 is 26.4 Å². The fraction of sp³-hybridized carbons (Fsp3) is 0.318. The van der Waals surface area contributed by atoms with Gasteiger partial charge in [0, 0.05) is 25.6 Å². The van der Waals surface area contributed by atoms with E-state index in [0.29, 0.717) is 17.8 Å². The molecule has 1 atom stereocenters. The van der Waals surface area contributed by atoms with E-state index in [1.165, 1.54) is 17.9 Å². The predicted octanol–water partition coefficient (Wildman–Crippen LogP) is 1.51. The molecule has 0 bridgehead atoms. The minimum Gasteiger partial charge on any atom is -0.442 e. The molecule has 1 fully saturated rings. The van der Waals surface area contributed by atoms with Gasteiger partial charge in [0.2, 0.25) is 11.9 Å². The normalized spacial score (nSPS) is 17.6. The summed E-state index contributed by atoms with van der Waals surface area (Å²) in [6, 6.07) is 12.2. The standard InChI is InChI=1S/C22H25FN6O3/c1-14(30)26-12-18-13-29(22(31)32-18)17-6-7-19(20(23)10-17)16-4-2-15(3-5-16)11-27-28-21-24-8-9-25-21/h2-7,10,18,27H,8-9,11-13H2,1H3,(H,26,30)(H2,24,25,28)/t18-/m0/s1. The van der Waals surface area contributed by atoms with Gasteiger partial charge >= 0.3 is 6.09 Å². The number of guanidine groups is 1. The van der Waals surface area contributed by atoms with Crippen molar-refractivity contribution in [2.45, 2.75) is 19.6 Å². The molecule has 4 rings (SSSR count). The van der Waals surface area contributed by atoms with Gasteiger partial charge in [-0.2, -0.15) is 0 Å². The second kappa shape index (κ2) is 9.65. The summed E-state index contributed by atoms with van der Waals surface area (Å²) in [4.78, 5) is 28.8. The van der Waals surface area contributed by atoms with Gasteiger partial charge in [-0.25, -0.2) is 14.6 Å². The number of hydrogen-bond donors (Lipinski definition) is 4. The molecule has 2 heterocycles. The number of ether oxygens (including phenoxy) is 1. The summed E-state index contributed by atoms with van der Waals surface area (Å²) < 4.78 is 20.1. The van der Waals surface area contributed by atoms with Crippen molar-refractivity contribution in [3.63, 3.8) is 0 Å². The van der Waals surface area contributed by atoms with Crippen LogP contribution in [0.25, 0.3) is 11.1 Å². The summed E-state index contributed by atoms with van der Waals surface area (Å²) in [6.45, 7) is 4.04. The summed E-state index contributed by atoms with van der Waals surface area (Å²) in [5.74, 6) is 0.0961. The summed E-state index contributed by atoms with van der Waals surface area (Å²) in [6.07, 6.45) is -1.03. The van der Waals surface area contributed by atoms with Gasteiger partial charge in [-0.05, 0) is 29.3 Å². The molecule has 0 aliphatic carbocycles. The van der Waals surface area contributed by atoms with Crippen molar-refractivity contribution >= 4 is 23.6 Å². The Morgan fingerprint density at radius 2 is 2.09 bits per heavy atom. The summed E-state index contributed by atoms with van der Waals surface area (Å²) in [5, 5.41) is 5.73. The van der Waals surface area contributed by atoms with Crippen LogP contribution in [0.1, 0.15) is 12.5 Å². The number of halogens is 1. The molecule has 0 aromatic heterocycles. The first-order valence-electron chi connectivity index (χ1n) is 10.4. The van der Waals surface area contributed by atoms with E-state index in [-0.39, 0.29) is 19.0 Å². The average molecular weight is 440 g/mol. The van der Waals surface area contributed by atoms with Crippen LogP contribution in [0, 0.1) is 5.82 Å². The first-order chi connectivity index (χ1) is 15.5. The van der Waals surface area contributed by atoms with Crippen LogP contribution in [0.5, 0.6) is 0 Å². The quantitative estimate of drug-likeness (QED) is 0.487. The number of anilines is 1. The van der Waals surface area contributed by atoms with E-state index in [4.69, 9.17) is 4.74 Å². The van der Waals surface area contributed by atoms with Gasteiger partial charge in [0.15, 0.2) is 0 Å². The lowest BCUT2D eigenvalue weighted by Gasteiger charge is -2.15. The number of cyclic esters (lactones) is 1. The Labute approximate surface area is 185 Å². The number of carbonyl (C=O) groups excluding carboxylic acids is 2. The highest BCUT2D eigenvalue weighted by molar-refractivity contribution is 5.90. The first-order valence-corrected chi connectivity index (χ1v) is 10.4. The highest BCUT2D eigenvalue weighted by atomic mass is 19.1. The predicted molar refractivity (Wildman–Crippen MR) is 118 cm³/mol. The Hall–Kier alpha value is -3.66. The van der Waals surface area contributed by atoms with Crippen LogP contribution in [0.15, 0.2) is 47.5 Å². The van der Waals surface area contributed by atoms with E-state index >= 15 is 0 Å². The highest BCUT2D eigenvalue weighted by Crippen LogP contribution is 2.29. The first kappa shape index (κ1) is 21.6. The Morgan fingerprint density at radius 3 is 2.78 bits per heavy atom. The average Bonchev–Trinajstić information content (AvgIpc) is 3.42. The molecule has 10 heteroatoms. The van der Waals surface area contributed by atoms with Crippen molar-refractivity contribution in [1.82, 2.24) is 21.5 Å². The molecular weight excluding hydrogens is 415 g/mol. The minimum absolute atomic E-state index is 0.201. The number of hydrazine groups is 1. The Morgan fingerprint density at radius 1 is 1.28 bits per heavy atom. The smallest absolute Gasteiger partial charge is 0.414 e. The van der Waals surface area contributed by atoms with Crippen LogP contribution in [0.2, 0.25) is 0 Å². The molecule has 2 aromatic rings. The molecule has 2 aromatic carbocycles. The van der Waals surface area contributed by atoms with Crippen LogP contribution in [-0.2, 0) is 16.1 Å². The zero-order valence-corrected chi connectivity index (χ0v) is 17.7. The third-order valence-electron chi connectivity index (χ3n) is 5.16. The van der Waals surface area contributed by atoms with Crippen LogP contribution in [0.3, 0.4) is 0 Å². The maximum absolute atomic E-state index is 14.9. The number of aliphatic imine (C=N–C) groups is 1. The van der Waals surface area contributed by atoms with Crippen molar-refractivity contribution in [2.75, 3.05) is 31.1 Å². The zero-order chi connectivity index (χ0) is 22.5. The minimum atomic E-state index is -0.559. The molecule has 2 aliphatic heterocycles. The number of hydrogen-bond acceptors (Lipinski definition) is 7. The summed E-state index contributed by atoms with van der Waals surface area (Å²) in [7, 11) is 0. The van der Waals surface area contributed by atoms with Gasteiger partial charge in [0.1, 0.15) is 11.9 Å². The van der Waals surface area contributed by atoms with Gasteiger partial charge in [0.05, 0.1) is 25.3 Å². The van der Waals surface area contributed by atoms with Gasteiger partial charge in [-0.15, -0.1) is 0 Å².